The number of aromatic nitrogens is 4. The average molecular weight is 421 g/mol. The molecule has 31 heavy (non-hydrogen) atoms. The molecule has 1 saturated heterocycles. The van der Waals surface area contributed by atoms with E-state index in [-0.39, 0.29) is 5.69 Å². The first-order chi connectivity index (χ1) is 15.1. The van der Waals surface area contributed by atoms with E-state index in [0.29, 0.717) is 0 Å². The molecule has 0 radical (unpaired) electrons. The number of hydrogen-bond acceptors (Lipinski definition) is 8. The molecular formula is C23H28N6O2. The summed E-state index contributed by atoms with van der Waals surface area (Å²) in [5, 5.41) is 9.17. The first kappa shape index (κ1) is 21.0. The molecule has 1 aliphatic carbocycles. The van der Waals surface area contributed by atoms with Crippen LogP contribution in [0, 0.1) is 13.8 Å². The van der Waals surface area contributed by atoms with Gasteiger partial charge in [0.15, 0.2) is 11.5 Å². The number of piperazine rings is 1. The van der Waals surface area contributed by atoms with E-state index in [1.165, 1.54) is 30.0 Å². The maximum Gasteiger partial charge on any atom is 0.358 e. The van der Waals surface area contributed by atoms with Crippen molar-refractivity contribution in [2.75, 3.05) is 43.1 Å². The number of allylic oxidation sites excluding steroid dienone is 4. The first-order valence-electron chi connectivity index (χ1n) is 10.7. The molecule has 2 aromatic heterocycles. The maximum atomic E-state index is 11.5. The molecule has 1 fully saturated rings. The summed E-state index contributed by atoms with van der Waals surface area (Å²) in [7, 11) is 1.33. The Morgan fingerprint density at radius 1 is 1.00 bits per heavy atom. The third-order valence-electron chi connectivity index (χ3n) is 5.98. The van der Waals surface area contributed by atoms with Gasteiger partial charge in [-0.05, 0) is 43.4 Å². The van der Waals surface area contributed by atoms with Crippen LogP contribution in [-0.4, -0.2) is 59.4 Å². The van der Waals surface area contributed by atoms with Crippen molar-refractivity contribution in [2.24, 2.45) is 0 Å². The van der Waals surface area contributed by atoms with Crippen LogP contribution in [0.5, 0.6) is 0 Å². The summed E-state index contributed by atoms with van der Waals surface area (Å²) in [6.45, 7) is 7.52. The lowest BCUT2D eigenvalue weighted by molar-refractivity contribution is 0.0593. The predicted octanol–water partition coefficient (Wildman–Crippen LogP) is 2.82. The fourth-order valence-corrected chi connectivity index (χ4v) is 3.94. The second-order valence-electron chi connectivity index (χ2n) is 7.88. The van der Waals surface area contributed by atoms with Crippen LogP contribution in [0.2, 0.25) is 0 Å². The summed E-state index contributed by atoms with van der Waals surface area (Å²) < 4.78 is 4.68. The van der Waals surface area contributed by atoms with Crippen LogP contribution in [0.3, 0.4) is 0 Å². The highest BCUT2D eigenvalue weighted by molar-refractivity contribution is 5.86. The number of nitrogens with zero attached hydrogens (tertiary/aromatic N) is 6. The summed E-state index contributed by atoms with van der Waals surface area (Å²) in [5.41, 5.74) is 5.01. The molecule has 3 heterocycles. The highest BCUT2D eigenvalue weighted by atomic mass is 16.5. The molecule has 8 nitrogen and oxygen atoms in total. The van der Waals surface area contributed by atoms with Crippen LogP contribution in [0.15, 0.2) is 36.2 Å². The number of ether oxygens (including phenoxy) is 1. The topological polar surface area (TPSA) is 84.3 Å². The SMILES string of the molecule is COC(=O)c1cnc(N2CCN(c3nnc(CC4=CCCC=C4)c(C)c3C)CC2)cn1. The van der Waals surface area contributed by atoms with Gasteiger partial charge in [-0.15, -0.1) is 5.10 Å². The molecule has 0 aromatic carbocycles. The Hall–Kier alpha value is -3.29. The van der Waals surface area contributed by atoms with E-state index in [1.807, 2.05) is 0 Å². The number of methoxy groups -OCH3 is 1. The number of carbonyl (C=O) groups excluding carboxylic acids is 1. The lowest BCUT2D eigenvalue weighted by atomic mass is 9.99. The molecule has 0 amide bonds. The zero-order chi connectivity index (χ0) is 21.8. The van der Waals surface area contributed by atoms with Crippen LogP contribution >= 0.6 is 0 Å². The van der Waals surface area contributed by atoms with Crippen molar-refractivity contribution in [3.05, 3.63) is 58.7 Å². The standard InChI is InChI=1S/C23H28N6O2/c1-16-17(2)22(27-26-19(16)13-18-7-5-4-6-8-18)29-11-9-28(10-12-29)21-15-24-20(14-25-21)23(30)31-3/h5,7-8,14-15H,4,6,9-13H2,1-3H3. The minimum atomic E-state index is -0.479. The quantitative estimate of drug-likeness (QED) is 0.683. The Labute approximate surface area is 182 Å². The van der Waals surface area contributed by atoms with Crippen molar-refractivity contribution in [3.63, 3.8) is 0 Å². The zero-order valence-corrected chi connectivity index (χ0v) is 18.3. The molecule has 2 aromatic rings. The fraction of sp³-hybridized carbons (Fsp3) is 0.435. The van der Waals surface area contributed by atoms with Crippen molar-refractivity contribution in [1.82, 2.24) is 20.2 Å². The highest BCUT2D eigenvalue weighted by Gasteiger charge is 2.23. The van der Waals surface area contributed by atoms with Crippen molar-refractivity contribution in [3.8, 4) is 0 Å². The number of esters is 1. The summed E-state index contributed by atoms with van der Waals surface area (Å²) >= 11 is 0. The van der Waals surface area contributed by atoms with Gasteiger partial charge in [0.1, 0.15) is 5.82 Å². The fourth-order valence-electron chi connectivity index (χ4n) is 3.94. The van der Waals surface area contributed by atoms with Gasteiger partial charge in [0.05, 0.1) is 25.2 Å². The minimum Gasteiger partial charge on any atom is -0.464 e. The Balaban J connectivity index is 1.41. The van der Waals surface area contributed by atoms with Gasteiger partial charge in [-0.2, -0.15) is 5.10 Å². The van der Waals surface area contributed by atoms with E-state index in [1.54, 1.807) is 6.20 Å². The summed E-state index contributed by atoms with van der Waals surface area (Å²) in [5.74, 6) is 1.24. The van der Waals surface area contributed by atoms with Gasteiger partial charge in [-0.1, -0.05) is 18.2 Å². The Morgan fingerprint density at radius 2 is 1.77 bits per heavy atom. The molecule has 1 aliphatic heterocycles. The molecule has 0 spiro atoms. The lowest BCUT2D eigenvalue weighted by Crippen LogP contribution is -2.47. The number of hydrogen-bond donors (Lipinski definition) is 0. The van der Waals surface area contributed by atoms with E-state index in [9.17, 15) is 4.79 Å². The molecule has 0 bridgehead atoms. The largest absolute Gasteiger partial charge is 0.464 e. The minimum absolute atomic E-state index is 0.214. The normalized spacial score (nSPS) is 16.3. The van der Waals surface area contributed by atoms with Gasteiger partial charge in [-0.3, -0.25) is 0 Å². The van der Waals surface area contributed by atoms with Gasteiger partial charge >= 0.3 is 5.97 Å². The van der Waals surface area contributed by atoms with Crippen LogP contribution in [0.4, 0.5) is 11.6 Å². The molecular weight excluding hydrogens is 392 g/mol. The number of carbonyl (C=O) groups is 1. The second-order valence-corrected chi connectivity index (χ2v) is 7.88. The highest BCUT2D eigenvalue weighted by Crippen LogP contribution is 2.25. The lowest BCUT2D eigenvalue weighted by Gasteiger charge is -2.36. The summed E-state index contributed by atoms with van der Waals surface area (Å²) in [6.07, 6.45) is 12.9. The first-order valence-corrected chi connectivity index (χ1v) is 10.7. The van der Waals surface area contributed by atoms with Crippen molar-refractivity contribution in [2.45, 2.75) is 33.1 Å². The molecule has 162 valence electrons. The van der Waals surface area contributed by atoms with Crippen LogP contribution in [0.1, 0.15) is 40.2 Å². The monoisotopic (exact) mass is 420 g/mol. The van der Waals surface area contributed by atoms with Gasteiger partial charge in [0.2, 0.25) is 0 Å². The van der Waals surface area contributed by atoms with E-state index in [0.717, 1.165) is 62.8 Å². The van der Waals surface area contributed by atoms with Crippen molar-refractivity contribution >= 4 is 17.6 Å². The van der Waals surface area contributed by atoms with Gasteiger partial charge in [0.25, 0.3) is 0 Å². The molecule has 0 saturated carbocycles. The average Bonchev–Trinajstić information content (AvgIpc) is 2.83. The Kier molecular flexibility index (Phi) is 6.25. The molecule has 0 atom stereocenters. The third kappa shape index (κ3) is 4.57. The zero-order valence-electron chi connectivity index (χ0n) is 18.3. The van der Waals surface area contributed by atoms with E-state index < -0.39 is 5.97 Å². The second kappa shape index (κ2) is 9.24. The summed E-state index contributed by atoms with van der Waals surface area (Å²) in [4.78, 5) is 24.5. The summed E-state index contributed by atoms with van der Waals surface area (Å²) in [6, 6.07) is 0. The van der Waals surface area contributed by atoms with Gasteiger partial charge in [0, 0.05) is 32.6 Å². The molecule has 0 N–H and O–H groups in total. The third-order valence-corrected chi connectivity index (χ3v) is 5.98. The number of anilines is 2. The van der Waals surface area contributed by atoms with Gasteiger partial charge < -0.3 is 14.5 Å². The van der Waals surface area contributed by atoms with Crippen molar-refractivity contribution < 1.29 is 9.53 Å². The molecule has 2 aliphatic rings. The van der Waals surface area contributed by atoms with E-state index >= 15 is 0 Å². The number of rotatable bonds is 5. The van der Waals surface area contributed by atoms with Gasteiger partial charge in [-0.25, -0.2) is 14.8 Å². The van der Waals surface area contributed by atoms with Crippen LogP contribution in [-0.2, 0) is 11.2 Å². The van der Waals surface area contributed by atoms with Crippen LogP contribution in [0.25, 0.3) is 0 Å². The smallest absolute Gasteiger partial charge is 0.358 e. The molecule has 0 unspecified atom stereocenters. The van der Waals surface area contributed by atoms with Crippen LogP contribution < -0.4 is 9.80 Å². The molecule has 4 rings (SSSR count). The van der Waals surface area contributed by atoms with E-state index in [4.69, 9.17) is 0 Å². The predicted molar refractivity (Wildman–Crippen MR) is 119 cm³/mol. The van der Waals surface area contributed by atoms with Crippen molar-refractivity contribution in [1.29, 1.82) is 0 Å². The molecule has 8 heteroatoms. The Bertz CT molecular complexity index is 1010. The van der Waals surface area contributed by atoms with E-state index in [2.05, 4.69) is 66.8 Å². The Morgan fingerprint density at radius 3 is 2.42 bits per heavy atom. The maximum absolute atomic E-state index is 11.5.